The van der Waals surface area contributed by atoms with Crippen LogP contribution in [0.2, 0.25) is 0 Å². The van der Waals surface area contributed by atoms with Gasteiger partial charge in [0.15, 0.2) is 15.5 Å². The third-order valence-electron chi connectivity index (χ3n) is 4.05. The van der Waals surface area contributed by atoms with Crippen LogP contribution in [-0.2, 0) is 16.9 Å². The topological polar surface area (TPSA) is 85.2 Å². The van der Waals surface area contributed by atoms with Crippen molar-refractivity contribution in [1.29, 1.82) is 0 Å². The molecule has 1 amide bonds. The molecule has 3 rings (SSSR count). The maximum absolute atomic E-state index is 12.7. The summed E-state index contributed by atoms with van der Waals surface area (Å²) < 4.78 is 25.1. The largest absolute Gasteiger partial charge is 0.335 e. The molecular weight excluding hydrogens is 304 g/mol. The third kappa shape index (κ3) is 2.58. The third-order valence-corrected chi connectivity index (χ3v) is 5.80. The maximum atomic E-state index is 12.7. The number of hydrogen-bond acceptors (Lipinski definition) is 5. The fourth-order valence-corrected chi connectivity index (χ4v) is 4.62. The first-order valence-corrected chi connectivity index (χ1v) is 9.02. The highest BCUT2D eigenvalue weighted by molar-refractivity contribution is 7.91. The molecular formula is C14H18N4O3S. The number of pyridine rings is 1. The van der Waals surface area contributed by atoms with E-state index in [2.05, 4.69) is 9.97 Å². The van der Waals surface area contributed by atoms with E-state index in [0.717, 1.165) is 0 Å². The first kappa shape index (κ1) is 15.0. The van der Waals surface area contributed by atoms with E-state index >= 15 is 0 Å². The first-order valence-electron chi connectivity index (χ1n) is 7.20. The summed E-state index contributed by atoms with van der Waals surface area (Å²) in [5.41, 5.74) is 1.81. The van der Waals surface area contributed by atoms with Crippen LogP contribution in [0, 0.1) is 0 Å². The molecule has 7 nitrogen and oxygen atoms in total. The van der Waals surface area contributed by atoms with Crippen LogP contribution in [0.15, 0.2) is 18.6 Å². The second kappa shape index (κ2) is 5.35. The Kier molecular flexibility index (Phi) is 3.64. The molecule has 1 unspecified atom stereocenters. The predicted molar refractivity (Wildman–Crippen MR) is 82.3 cm³/mol. The Bertz CT molecular complexity index is 828. The molecule has 8 heteroatoms. The average molecular weight is 322 g/mol. The maximum Gasteiger partial charge on any atom is 0.255 e. The minimum absolute atomic E-state index is 0.0475. The number of carbonyl (C=O) groups is 1. The van der Waals surface area contributed by atoms with Gasteiger partial charge < -0.3 is 9.47 Å². The van der Waals surface area contributed by atoms with Gasteiger partial charge in [-0.25, -0.2) is 18.4 Å². The van der Waals surface area contributed by atoms with Crippen molar-refractivity contribution in [2.24, 2.45) is 7.05 Å². The Morgan fingerprint density at radius 3 is 2.86 bits per heavy atom. The van der Waals surface area contributed by atoms with Crippen molar-refractivity contribution in [1.82, 2.24) is 19.4 Å². The van der Waals surface area contributed by atoms with Crippen molar-refractivity contribution in [3.8, 4) is 0 Å². The summed E-state index contributed by atoms with van der Waals surface area (Å²) in [6.45, 7) is 2.33. The monoisotopic (exact) mass is 322 g/mol. The molecule has 0 aliphatic carbocycles. The first-order chi connectivity index (χ1) is 10.4. The molecule has 0 aromatic carbocycles. The highest BCUT2D eigenvalue weighted by Gasteiger charge is 2.34. The Labute approximate surface area is 128 Å². The quantitative estimate of drug-likeness (QED) is 0.827. The molecule has 0 spiro atoms. The van der Waals surface area contributed by atoms with Gasteiger partial charge in [-0.05, 0) is 19.4 Å². The summed E-state index contributed by atoms with van der Waals surface area (Å²) in [5, 5.41) is 0. The van der Waals surface area contributed by atoms with E-state index in [4.69, 9.17) is 0 Å². The van der Waals surface area contributed by atoms with Gasteiger partial charge in [0.05, 0.1) is 23.4 Å². The normalized spacial score (nSPS) is 20.4. The zero-order chi connectivity index (χ0) is 15.9. The van der Waals surface area contributed by atoms with Crippen LogP contribution in [0.4, 0.5) is 0 Å². The molecule has 0 radical (unpaired) electrons. The molecule has 1 saturated heterocycles. The van der Waals surface area contributed by atoms with Crippen LogP contribution in [0.1, 0.15) is 23.7 Å². The molecule has 2 aromatic rings. The minimum atomic E-state index is -3.02. The van der Waals surface area contributed by atoms with Gasteiger partial charge >= 0.3 is 0 Å². The lowest BCUT2D eigenvalue weighted by Gasteiger charge is -2.26. The number of imidazole rings is 1. The highest BCUT2D eigenvalue weighted by atomic mass is 32.2. The van der Waals surface area contributed by atoms with Crippen LogP contribution < -0.4 is 0 Å². The number of rotatable bonds is 3. The van der Waals surface area contributed by atoms with Gasteiger partial charge in [0.1, 0.15) is 5.52 Å². The van der Waals surface area contributed by atoms with E-state index in [0.29, 0.717) is 29.7 Å². The fraction of sp³-hybridized carbons (Fsp3) is 0.500. The van der Waals surface area contributed by atoms with E-state index in [1.54, 1.807) is 21.9 Å². The van der Waals surface area contributed by atoms with Crippen molar-refractivity contribution in [3.63, 3.8) is 0 Å². The molecule has 3 heterocycles. The molecule has 22 heavy (non-hydrogen) atoms. The number of aromatic nitrogens is 3. The zero-order valence-corrected chi connectivity index (χ0v) is 13.4. The van der Waals surface area contributed by atoms with Crippen LogP contribution in [0.25, 0.3) is 11.2 Å². The zero-order valence-electron chi connectivity index (χ0n) is 12.6. The lowest BCUT2D eigenvalue weighted by Crippen LogP contribution is -2.41. The Morgan fingerprint density at radius 1 is 1.45 bits per heavy atom. The summed E-state index contributed by atoms with van der Waals surface area (Å²) >= 11 is 0. The highest BCUT2D eigenvalue weighted by Crippen LogP contribution is 2.20. The van der Waals surface area contributed by atoms with E-state index in [-0.39, 0.29) is 23.5 Å². The Morgan fingerprint density at radius 2 is 2.23 bits per heavy atom. The van der Waals surface area contributed by atoms with Crippen LogP contribution in [-0.4, -0.2) is 57.9 Å². The van der Waals surface area contributed by atoms with Crippen molar-refractivity contribution < 1.29 is 13.2 Å². The second-order valence-corrected chi connectivity index (χ2v) is 7.80. The number of fused-ring (bicyclic) bond motifs is 1. The van der Waals surface area contributed by atoms with Gasteiger partial charge in [0, 0.05) is 25.8 Å². The Hall–Kier alpha value is -1.96. The van der Waals surface area contributed by atoms with Gasteiger partial charge in [-0.15, -0.1) is 0 Å². The molecule has 1 atom stereocenters. The second-order valence-electron chi connectivity index (χ2n) is 5.57. The number of sulfone groups is 1. The van der Waals surface area contributed by atoms with Gasteiger partial charge in [-0.1, -0.05) is 0 Å². The Balaban J connectivity index is 1.89. The van der Waals surface area contributed by atoms with E-state index < -0.39 is 9.84 Å². The van der Waals surface area contributed by atoms with Crippen LogP contribution in [0.3, 0.4) is 0 Å². The lowest BCUT2D eigenvalue weighted by molar-refractivity contribution is 0.0708. The SMILES string of the molecule is CCN(C(=O)c1cnc2c(c1)ncn2C)C1CCS(=O)(=O)C1. The van der Waals surface area contributed by atoms with E-state index in [1.165, 1.54) is 6.20 Å². The summed E-state index contributed by atoms with van der Waals surface area (Å²) in [7, 11) is -1.18. The summed E-state index contributed by atoms with van der Waals surface area (Å²) in [4.78, 5) is 22.8. The van der Waals surface area contributed by atoms with E-state index in [1.807, 2.05) is 14.0 Å². The molecule has 118 valence electrons. The van der Waals surface area contributed by atoms with Crippen molar-refractivity contribution in [2.45, 2.75) is 19.4 Å². The van der Waals surface area contributed by atoms with Gasteiger partial charge in [-0.2, -0.15) is 0 Å². The standard InChI is InChI=1S/C14H18N4O3S/c1-3-18(11-4-5-22(20,21)8-11)14(19)10-6-12-13(15-7-10)17(2)9-16-12/h6-7,9,11H,3-5,8H2,1-2H3. The van der Waals surface area contributed by atoms with Crippen molar-refractivity contribution >= 4 is 26.9 Å². The van der Waals surface area contributed by atoms with Crippen LogP contribution in [0.5, 0.6) is 0 Å². The minimum Gasteiger partial charge on any atom is -0.335 e. The summed E-state index contributed by atoms with van der Waals surface area (Å²) in [5.74, 6) is 0.00908. The van der Waals surface area contributed by atoms with Crippen molar-refractivity contribution in [3.05, 3.63) is 24.2 Å². The molecule has 1 aliphatic rings. The molecule has 0 saturated carbocycles. The summed E-state index contributed by atoms with van der Waals surface area (Å²) in [6.07, 6.45) is 3.67. The molecule has 2 aromatic heterocycles. The number of carbonyl (C=O) groups excluding carboxylic acids is 1. The number of hydrogen-bond donors (Lipinski definition) is 0. The molecule has 1 fully saturated rings. The fourth-order valence-electron chi connectivity index (χ4n) is 2.89. The van der Waals surface area contributed by atoms with E-state index in [9.17, 15) is 13.2 Å². The average Bonchev–Trinajstić information content (AvgIpc) is 3.02. The van der Waals surface area contributed by atoms with Gasteiger partial charge in [-0.3, -0.25) is 4.79 Å². The molecule has 1 aliphatic heterocycles. The number of aryl methyl sites for hydroxylation is 1. The lowest BCUT2D eigenvalue weighted by atomic mass is 10.1. The molecule has 0 N–H and O–H groups in total. The molecule has 0 bridgehead atoms. The van der Waals surface area contributed by atoms with Gasteiger partial charge in [0.2, 0.25) is 0 Å². The smallest absolute Gasteiger partial charge is 0.255 e. The van der Waals surface area contributed by atoms with Crippen LogP contribution >= 0.6 is 0 Å². The number of nitrogens with zero attached hydrogens (tertiary/aromatic N) is 4. The number of amides is 1. The predicted octanol–water partition coefficient (Wildman–Crippen LogP) is 0.617. The van der Waals surface area contributed by atoms with Crippen molar-refractivity contribution in [2.75, 3.05) is 18.1 Å². The summed E-state index contributed by atoms with van der Waals surface area (Å²) in [6, 6.07) is 1.46. The van der Waals surface area contributed by atoms with Gasteiger partial charge in [0.25, 0.3) is 5.91 Å².